The molecule has 1 heterocycles. The van der Waals surface area contributed by atoms with Crippen LogP contribution in [0.4, 0.5) is 0 Å². The quantitative estimate of drug-likeness (QED) is 0.555. The van der Waals surface area contributed by atoms with Crippen LogP contribution in [0.2, 0.25) is 0 Å². The summed E-state index contributed by atoms with van der Waals surface area (Å²) in [6.45, 7) is 4.96. The lowest BCUT2D eigenvalue weighted by Crippen LogP contribution is -2.40. The first-order chi connectivity index (χ1) is 14.2. The van der Waals surface area contributed by atoms with E-state index < -0.39 is 6.10 Å². The first-order valence-corrected chi connectivity index (χ1v) is 10.1. The number of ether oxygens (including phenoxy) is 2. The maximum absolute atomic E-state index is 10.8. The monoisotopic (exact) mass is 397 g/mol. The summed E-state index contributed by atoms with van der Waals surface area (Å²) in [5.74, 6) is 2.65. The average Bonchev–Trinajstić information content (AvgIpc) is 3.26. The van der Waals surface area contributed by atoms with E-state index in [-0.39, 0.29) is 6.54 Å². The number of nitrogens with one attached hydrogen (secondary N) is 1. The Morgan fingerprint density at radius 3 is 2.69 bits per heavy atom. The predicted octanol–water partition coefficient (Wildman–Crippen LogP) is 3.19. The Balaban J connectivity index is 1.71. The van der Waals surface area contributed by atoms with E-state index in [1.807, 2.05) is 6.07 Å². The van der Waals surface area contributed by atoms with Gasteiger partial charge in [-0.05, 0) is 37.1 Å². The van der Waals surface area contributed by atoms with Crippen molar-refractivity contribution in [2.24, 2.45) is 4.99 Å². The van der Waals surface area contributed by atoms with Crippen LogP contribution in [0.5, 0.6) is 11.5 Å². The Bertz CT molecular complexity index is 810. The van der Waals surface area contributed by atoms with E-state index in [2.05, 4.69) is 47.5 Å². The van der Waals surface area contributed by atoms with Crippen molar-refractivity contribution < 1.29 is 14.6 Å². The number of likely N-dealkylation sites (tertiary alicyclic amines) is 1. The highest BCUT2D eigenvalue weighted by Crippen LogP contribution is 2.30. The number of methoxy groups -OCH3 is 2. The van der Waals surface area contributed by atoms with Crippen molar-refractivity contribution in [1.82, 2.24) is 10.2 Å². The van der Waals surface area contributed by atoms with E-state index in [0.717, 1.165) is 32.0 Å². The van der Waals surface area contributed by atoms with Gasteiger partial charge in [0.05, 0.1) is 20.8 Å². The van der Waals surface area contributed by atoms with E-state index in [4.69, 9.17) is 14.5 Å². The minimum absolute atomic E-state index is 0.248. The zero-order chi connectivity index (χ0) is 20.6. The van der Waals surface area contributed by atoms with Gasteiger partial charge in [-0.1, -0.05) is 30.3 Å². The number of aliphatic hydroxyl groups is 1. The molecule has 2 aromatic carbocycles. The van der Waals surface area contributed by atoms with Crippen molar-refractivity contribution in [3.63, 3.8) is 0 Å². The van der Waals surface area contributed by atoms with Crippen molar-refractivity contribution in [3.8, 4) is 11.5 Å². The lowest BCUT2D eigenvalue weighted by Gasteiger charge is -2.22. The van der Waals surface area contributed by atoms with Gasteiger partial charge in [-0.25, -0.2) is 0 Å². The van der Waals surface area contributed by atoms with Gasteiger partial charge in [-0.2, -0.15) is 0 Å². The molecule has 1 aliphatic heterocycles. The molecule has 1 aliphatic rings. The van der Waals surface area contributed by atoms with Crippen molar-refractivity contribution >= 4 is 5.96 Å². The molecule has 0 spiro atoms. The van der Waals surface area contributed by atoms with Crippen molar-refractivity contribution in [2.45, 2.75) is 25.4 Å². The van der Waals surface area contributed by atoms with Gasteiger partial charge in [0.25, 0.3) is 0 Å². The third-order valence-corrected chi connectivity index (χ3v) is 5.30. The number of hydrogen-bond donors (Lipinski definition) is 2. The fraction of sp³-hybridized carbons (Fsp3) is 0.435. The number of rotatable bonds is 7. The molecular formula is C23H31N3O3. The largest absolute Gasteiger partial charge is 0.497 e. The first-order valence-electron chi connectivity index (χ1n) is 10.1. The lowest BCUT2D eigenvalue weighted by molar-refractivity contribution is 0.181. The lowest BCUT2D eigenvalue weighted by atomic mass is 9.99. The number of guanidine groups is 1. The van der Waals surface area contributed by atoms with E-state index >= 15 is 0 Å². The summed E-state index contributed by atoms with van der Waals surface area (Å²) in [5.41, 5.74) is 2.04. The van der Waals surface area contributed by atoms with Crippen LogP contribution in [0.25, 0.3) is 0 Å². The van der Waals surface area contributed by atoms with Gasteiger partial charge in [-0.15, -0.1) is 0 Å². The molecule has 0 saturated carbocycles. The molecule has 2 unspecified atom stereocenters. The number of aliphatic hydroxyl groups excluding tert-OH is 1. The second-order valence-electron chi connectivity index (χ2n) is 7.16. The third-order valence-electron chi connectivity index (χ3n) is 5.30. The molecule has 0 amide bonds. The second-order valence-corrected chi connectivity index (χ2v) is 7.16. The average molecular weight is 398 g/mol. The SMILES string of the molecule is CCNC(=NCC(O)c1cc(OC)ccc1OC)N1CCC(c2ccccc2)C1. The first kappa shape index (κ1) is 21.0. The summed E-state index contributed by atoms with van der Waals surface area (Å²) in [5, 5.41) is 14.1. The minimum atomic E-state index is -0.777. The van der Waals surface area contributed by atoms with E-state index in [1.165, 1.54) is 5.56 Å². The normalized spacial score (nSPS) is 17.9. The minimum Gasteiger partial charge on any atom is -0.497 e. The van der Waals surface area contributed by atoms with Gasteiger partial charge in [-0.3, -0.25) is 4.99 Å². The molecule has 2 aromatic rings. The number of nitrogens with zero attached hydrogens (tertiary/aromatic N) is 2. The predicted molar refractivity (Wildman–Crippen MR) is 116 cm³/mol. The van der Waals surface area contributed by atoms with Crippen molar-refractivity contribution in [2.75, 3.05) is 40.4 Å². The molecule has 0 aliphatic carbocycles. The summed E-state index contributed by atoms with van der Waals surface area (Å²) in [7, 11) is 3.20. The Morgan fingerprint density at radius 2 is 2.00 bits per heavy atom. The van der Waals surface area contributed by atoms with Gasteiger partial charge in [0.15, 0.2) is 5.96 Å². The Labute approximate surface area is 173 Å². The van der Waals surface area contributed by atoms with Gasteiger partial charge >= 0.3 is 0 Å². The molecule has 156 valence electrons. The zero-order valence-corrected chi connectivity index (χ0v) is 17.5. The van der Waals surface area contributed by atoms with Crippen LogP contribution >= 0.6 is 0 Å². The number of hydrogen-bond acceptors (Lipinski definition) is 4. The smallest absolute Gasteiger partial charge is 0.194 e. The second kappa shape index (κ2) is 10.2. The standard InChI is InChI=1S/C23H31N3O3/c1-4-24-23(26-13-12-18(16-26)17-8-6-5-7-9-17)25-15-21(27)20-14-19(28-2)10-11-22(20)29-3/h5-11,14,18,21,27H,4,12-13,15-16H2,1-3H3,(H,24,25). The molecule has 1 saturated heterocycles. The summed E-state index contributed by atoms with van der Waals surface area (Å²) in [6.07, 6.45) is 0.321. The topological polar surface area (TPSA) is 66.3 Å². The van der Waals surface area contributed by atoms with Crippen LogP contribution in [0.1, 0.15) is 36.5 Å². The van der Waals surface area contributed by atoms with Gasteiger partial charge in [0, 0.05) is 31.1 Å². The number of aliphatic imine (C=N–C) groups is 1. The van der Waals surface area contributed by atoms with Crippen LogP contribution in [0.15, 0.2) is 53.5 Å². The molecule has 0 aromatic heterocycles. The maximum Gasteiger partial charge on any atom is 0.194 e. The van der Waals surface area contributed by atoms with Crippen LogP contribution in [-0.4, -0.2) is 56.4 Å². The molecule has 1 fully saturated rings. The van der Waals surface area contributed by atoms with Crippen LogP contribution in [0, 0.1) is 0 Å². The van der Waals surface area contributed by atoms with Gasteiger partial charge in [0.1, 0.15) is 17.6 Å². The zero-order valence-electron chi connectivity index (χ0n) is 17.5. The molecule has 29 heavy (non-hydrogen) atoms. The maximum atomic E-state index is 10.8. The van der Waals surface area contributed by atoms with Crippen LogP contribution in [0.3, 0.4) is 0 Å². The summed E-state index contributed by atoms with van der Waals surface area (Å²) in [6, 6.07) is 16.0. The molecule has 2 atom stereocenters. The summed E-state index contributed by atoms with van der Waals surface area (Å²) < 4.78 is 10.7. The number of benzene rings is 2. The fourth-order valence-electron chi connectivity index (χ4n) is 3.75. The molecule has 6 heteroatoms. The molecular weight excluding hydrogens is 366 g/mol. The van der Waals surface area contributed by atoms with Crippen LogP contribution < -0.4 is 14.8 Å². The fourth-order valence-corrected chi connectivity index (χ4v) is 3.75. The van der Waals surface area contributed by atoms with Crippen molar-refractivity contribution in [3.05, 3.63) is 59.7 Å². The van der Waals surface area contributed by atoms with Crippen molar-refractivity contribution in [1.29, 1.82) is 0 Å². The molecule has 2 N–H and O–H groups in total. The molecule has 3 rings (SSSR count). The van der Waals surface area contributed by atoms with Crippen LogP contribution in [-0.2, 0) is 0 Å². The third kappa shape index (κ3) is 5.21. The van der Waals surface area contributed by atoms with Gasteiger partial charge < -0.3 is 24.8 Å². The summed E-state index contributed by atoms with van der Waals surface area (Å²) in [4.78, 5) is 6.99. The van der Waals surface area contributed by atoms with E-state index in [0.29, 0.717) is 23.0 Å². The Kier molecular flexibility index (Phi) is 7.36. The van der Waals surface area contributed by atoms with E-state index in [9.17, 15) is 5.11 Å². The highest BCUT2D eigenvalue weighted by molar-refractivity contribution is 5.80. The van der Waals surface area contributed by atoms with E-state index in [1.54, 1.807) is 26.4 Å². The molecule has 6 nitrogen and oxygen atoms in total. The molecule has 0 bridgehead atoms. The molecule has 0 radical (unpaired) electrons. The highest BCUT2D eigenvalue weighted by atomic mass is 16.5. The van der Waals surface area contributed by atoms with Gasteiger partial charge in [0.2, 0.25) is 0 Å². The Morgan fingerprint density at radius 1 is 1.21 bits per heavy atom. The Hall–Kier alpha value is -2.73. The highest BCUT2D eigenvalue weighted by Gasteiger charge is 2.26. The summed E-state index contributed by atoms with van der Waals surface area (Å²) >= 11 is 0.